The van der Waals surface area contributed by atoms with E-state index in [2.05, 4.69) is 25.3 Å². The first kappa shape index (κ1) is 27.4. The van der Waals surface area contributed by atoms with Gasteiger partial charge in [0, 0.05) is 48.0 Å². The Hall–Kier alpha value is -4.66. The average molecular weight is 527 g/mol. The predicted octanol–water partition coefficient (Wildman–Crippen LogP) is 5.57. The van der Waals surface area contributed by atoms with Gasteiger partial charge in [-0.2, -0.15) is 0 Å². The lowest BCUT2D eigenvalue weighted by molar-refractivity contribution is -0.119. The van der Waals surface area contributed by atoms with Crippen molar-refractivity contribution in [3.8, 4) is 22.8 Å². The molecule has 1 amide bonds. The summed E-state index contributed by atoms with van der Waals surface area (Å²) in [7, 11) is 0. The summed E-state index contributed by atoms with van der Waals surface area (Å²) < 4.78 is 21.3. The zero-order valence-corrected chi connectivity index (χ0v) is 22.6. The monoisotopic (exact) mass is 526 g/mol. The number of pyridine rings is 1. The maximum absolute atomic E-state index is 15.1. The molecule has 0 aliphatic rings. The molecule has 0 atom stereocenters. The summed E-state index contributed by atoms with van der Waals surface area (Å²) in [5, 5.41) is 3.42. The molecule has 200 valence electrons. The number of nitrogens with one attached hydrogen (secondary N) is 1. The van der Waals surface area contributed by atoms with E-state index in [0.29, 0.717) is 22.8 Å². The lowest BCUT2D eigenvalue weighted by Crippen LogP contribution is -2.27. The Morgan fingerprint density at radius 2 is 1.82 bits per heavy atom. The normalized spacial score (nSPS) is 12.2. The second-order valence-electron chi connectivity index (χ2n) is 10.1. The first-order valence-electron chi connectivity index (χ1n) is 12.4. The highest BCUT2D eigenvalue weighted by molar-refractivity contribution is 5.90. The number of nitrogens with two attached hydrogens (primary N) is 1. The molecule has 39 heavy (non-hydrogen) atoms. The minimum Gasteiger partial charge on any atom is -0.456 e. The highest BCUT2D eigenvalue weighted by Crippen LogP contribution is 2.34. The summed E-state index contributed by atoms with van der Waals surface area (Å²) in [6.07, 6.45) is 7.51. The van der Waals surface area contributed by atoms with Gasteiger partial charge in [0.25, 0.3) is 0 Å². The van der Waals surface area contributed by atoms with E-state index in [-0.39, 0.29) is 17.5 Å². The molecule has 4 aromatic rings. The van der Waals surface area contributed by atoms with Crippen LogP contribution in [0.1, 0.15) is 37.6 Å². The number of rotatable bonds is 7. The lowest BCUT2D eigenvalue weighted by Gasteiger charge is -2.14. The summed E-state index contributed by atoms with van der Waals surface area (Å²) in [5.41, 5.74) is 9.70. The molecule has 0 unspecified atom stereocenters. The molecule has 0 radical (unpaired) electrons. The Labute approximate surface area is 226 Å². The number of aromatic nitrogens is 3. The van der Waals surface area contributed by atoms with Crippen molar-refractivity contribution >= 4 is 23.0 Å². The molecule has 0 saturated carbocycles. The average Bonchev–Trinajstić information content (AvgIpc) is 2.89. The fraction of sp³-hybridized carbons (Fsp3) is 0.233. The third kappa shape index (κ3) is 6.81. The van der Waals surface area contributed by atoms with E-state index in [9.17, 15) is 4.79 Å². The predicted molar refractivity (Wildman–Crippen MR) is 151 cm³/mol. The molecule has 8 nitrogen and oxygen atoms in total. The smallest absolute Gasteiger partial charge is 0.228 e. The van der Waals surface area contributed by atoms with Gasteiger partial charge in [0.2, 0.25) is 5.91 Å². The third-order valence-corrected chi connectivity index (χ3v) is 5.83. The highest BCUT2D eigenvalue weighted by atomic mass is 19.1. The van der Waals surface area contributed by atoms with Crippen LogP contribution in [0.3, 0.4) is 0 Å². The largest absolute Gasteiger partial charge is 0.456 e. The highest BCUT2D eigenvalue weighted by Gasteiger charge is 2.16. The van der Waals surface area contributed by atoms with E-state index < -0.39 is 11.7 Å². The number of carbonyl (C=O) groups excluding carboxylic acids is 1. The van der Waals surface area contributed by atoms with Crippen molar-refractivity contribution < 1.29 is 13.9 Å². The van der Waals surface area contributed by atoms with Gasteiger partial charge in [0.15, 0.2) is 0 Å². The topological polar surface area (TPSA) is 115 Å². The molecule has 2 aromatic heterocycles. The Morgan fingerprint density at radius 3 is 2.54 bits per heavy atom. The van der Waals surface area contributed by atoms with Crippen LogP contribution in [-0.4, -0.2) is 32.6 Å². The van der Waals surface area contributed by atoms with Gasteiger partial charge in [-0.05, 0) is 70.0 Å². The number of allylic oxidation sites excluding steroid dienone is 1. The Bertz CT molecular complexity index is 1590. The first-order chi connectivity index (χ1) is 18.5. The number of amides is 1. The van der Waals surface area contributed by atoms with Gasteiger partial charge < -0.3 is 15.8 Å². The Balaban J connectivity index is 1.56. The van der Waals surface area contributed by atoms with E-state index in [0.717, 1.165) is 27.9 Å². The van der Waals surface area contributed by atoms with E-state index >= 15 is 4.39 Å². The van der Waals surface area contributed by atoms with Crippen LogP contribution in [0, 0.1) is 19.7 Å². The molecule has 9 heteroatoms. The number of fused-ring (bicyclic) bond motifs is 1. The van der Waals surface area contributed by atoms with Crippen LogP contribution in [0.2, 0.25) is 0 Å². The molecule has 0 aliphatic heterocycles. The summed E-state index contributed by atoms with van der Waals surface area (Å²) in [6, 6.07) is 10.4. The fourth-order valence-corrected chi connectivity index (χ4v) is 3.89. The molecule has 2 aromatic carbocycles. The molecule has 0 saturated heterocycles. The number of halogens is 1. The molecule has 0 spiro atoms. The van der Waals surface area contributed by atoms with Gasteiger partial charge in [-0.1, -0.05) is 6.07 Å². The van der Waals surface area contributed by atoms with Gasteiger partial charge in [-0.25, -0.2) is 4.39 Å². The molecule has 0 aliphatic carbocycles. The maximum atomic E-state index is 15.1. The number of benzene rings is 2. The van der Waals surface area contributed by atoms with Crippen molar-refractivity contribution in [2.45, 2.75) is 46.6 Å². The van der Waals surface area contributed by atoms with Crippen LogP contribution < -0.4 is 15.8 Å². The molecular formula is C30H31FN6O2. The zero-order valence-electron chi connectivity index (χ0n) is 22.6. The SMILES string of the molecule is Cc1cc(CC(=O)N/C(C=NC(C)(C)C)=C/N)c(F)cc1Oc1ccnc2ccc(-c3nccnc3C)cc12. The van der Waals surface area contributed by atoms with Crippen LogP contribution in [0.4, 0.5) is 4.39 Å². The van der Waals surface area contributed by atoms with Gasteiger partial charge >= 0.3 is 0 Å². The fourth-order valence-electron chi connectivity index (χ4n) is 3.89. The van der Waals surface area contributed by atoms with Gasteiger partial charge in [-0.15, -0.1) is 0 Å². The van der Waals surface area contributed by atoms with Crippen molar-refractivity contribution in [3.63, 3.8) is 0 Å². The number of aryl methyl sites for hydroxylation is 2. The zero-order chi connectivity index (χ0) is 28.2. The molecule has 2 heterocycles. The summed E-state index contributed by atoms with van der Waals surface area (Å²) in [4.78, 5) is 30.1. The van der Waals surface area contributed by atoms with Crippen LogP contribution in [-0.2, 0) is 11.2 Å². The van der Waals surface area contributed by atoms with Gasteiger partial charge in [-0.3, -0.25) is 24.7 Å². The van der Waals surface area contributed by atoms with Gasteiger partial charge in [0.1, 0.15) is 17.3 Å². The Kier molecular flexibility index (Phi) is 7.99. The molecule has 0 bridgehead atoms. The quantitative estimate of drug-likeness (QED) is 0.304. The number of carbonyl (C=O) groups is 1. The van der Waals surface area contributed by atoms with E-state index in [1.54, 1.807) is 37.6 Å². The summed E-state index contributed by atoms with van der Waals surface area (Å²) in [5.74, 6) is -0.107. The molecular weight excluding hydrogens is 495 g/mol. The van der Waals surface area contributed by atoms with Crippen molar-refractivity contribution in [3.05, 3.63) is 89.5 Å². The first-order valence-corrected chi connectivity index (χ1v) is 12.4. The van der Waals surface area contributed by atoms with E-state index in [1.165, 1.54) is 18.5 Å². The minimum absolute atomic E-state index is 0.174. The summed E-state index contributed by atoms with van der Waals surface area (Å²) in [6.45, 7) is 9.47. The van der Waals surface area contributed by atoms with Crippen LogP contribution >= 0.6 is 0 Å². The van der Waals surface area contributed by atoms with E-state index in [1.807, 2.05) is 45.9 Å². The maximum Gasteiger partial charge on any atom is 0.228 e. The number of nitrogens with zero attached hydrogens (tertiary/aromatic N) is 4. The minimum atomic E-state index is -0.554. The molecule has 4 rings (SSSR count). The van der Waals surface area contributed by atoms with Crippen LogP contribution in [0.5, 0.6) is 11.5 Å². The van der Waals surface area contributed by atoms with Crippen molar-refractivity contribution in [1.82, 2.24) is 20.3 Å². The molecule has 3 N–H and O–H groups in total. The van der Waals surface area contributed by atoms with E-state index in [4.69, 9.17) is 10.5 Å². The van der Waals surface area contributed by atoms with Crippen molar-refractivity contribution in [2.24, 2.45) is 10.7 Å². The van der Waals surface area contributed by atoms with Crippen LogP contribution in [0.15, 0.2) is 71.9 Å². The number of ether oxygens (including phenoxy) is 1. The van der Waals surface area contributed by atoms with Crippen molar-refractivity contribution in [2.75, 3.05) is 0 Å². The lowest BCUT2D eigenvalue weighted by atomic mass is 10.1. The number of hydrogen-bond acceptors (Lipinski definition) is 7. The summed E-state index contributed by atoms with van der Waals surface area (Å²) >= 11 is 0. The second kappa shape index (κ2) is 11.4. The standard InChI is InChI=1S/C30H31FN6O2/c1-18-12-21(14-28(38)37-22(16-32)17-36-30(3,4)5)24(31)15-27(18)39-26-8-9-34-25-7-6-20(13-23(25)26)29-19(2)33-10-11-35-29/h6-13,15-17H,14,32H2,1-5H3,(H,37,38)/b22-16+,36-17?. The van der Waals surface area contributed by atoms with Crippen molar-refractivity contribution in [1.29, 1.82) is 0 Å². The third-order valence-electron chi connectivity index (χ3n) is 5.83. The van der Waals surface area contributed by atoms with Gasteiger partial charge in [0.05, 0.1) is 34.6 Å². The van der Waals surface area contributed by atoms with Crippen LogP contribution in [0.25, 0.3) is 22.2 Å². The molecule has 0 fully saturated rings. The Morgan fingerprint density at radius 1 is 1.05 bits per heavy atom. The number of aliphatic imine (C=N–C) groups is 1. The number of hydrogen-bond donors (Lipinski definition) is 2. The second-order valence-corrected chi connectivity index (χ2v) is 10.1.